The maximum absolute atomic E-state index is 11.4. The van der Waals surface area contributed by atoms with Crippen LogP contribution < -0.4 is 0 Å². The summed E-state index contributed by atoms with van der Waals surface area (Å²) >= 11 is 0. The predicted molar refractivity (Wildman–Crippen MR) is 80.5 cm³/mol. The number of aromatic nitrogens is 2. The van der Waals surface area contributed by atoms with Crippen LogP contribution in [0.2, 0.25) is 0 Å². The molecule has 2 aliphatic rings. The molecule has 0 saturated carbocycles. The lowest BCUT2D eigenvalue weighted by molar-refractivity contribution is -0.139. The topological polar surface area (TPSA) is 58.4 Å². The molecule has 0 bridgehead atoms. The first-order valence-electron chi connectivity index (χ1n) is 8.10. The van der Waals surface area contributed by atoms with E-state index >= 15 is 0 Å². The molecule has 0 aromatic carbocycles. The number of carboxylic acid groups (broad SMARTS) is 1. The normalized spacial score (nSPS) is 24.2. The average Bonchev–Trinajstić information content (AvgIpc) is 2.90. The van der Waals surface area contributed by atoms with Gasteiger partial charge in [-0.1, -0.05) is 0 Å². The second-order valence-corrected chi connectivity index (χ2v) is 6.63. The van der Waals surface area contributed by atoms with Crippen LogP contribution in [-0.4, -0.2) is 44.7 Å². The number of aliphatic carboxylic acids is 1. The molecule has 5 nitrogen and oxygen atoms in total. The molecule has 0 spiro atoms. The third-order valence-electron chi connectivity index (χ3n) is 5.07. The van der Waals surface area contributed by atoms with Crippen molar-refractivity contribution in [3.8, 4) is 0 Å². The number of likely N-dealkylation sites (tertiary alicyclic amines) is 1. The van der Waals surface area contributed by atoms with Crippen LogP contribution >= 0.6 is 0 Å². The molecule has 5 heteroatoms. The zero-order valence-corrected chi connectivity index (χ0v) is 13.0. The van der Waals surface area contributed by atoms with E-state index < -0.39 is 5.97 Å². The van der Waals surface area contributed by atoms with Crippen molar-refractivity contribution < 1.29 is 9.90 Å². The minimum absolute atomic E-state index is 0.365. The van der Waals surface area contributed by atoms with E-state index in [0.29, 0.717) is 12.0 Å². The summed E-state index contributed by atoms with van der Waals surface area (Å²) < 4.78 is 2.19. The van der Waals surface area contributed by atoms with Gasteiger partial charge in [0.25, 0.3) is 0 Å². The minimum Gasteiger partial charge on any atom is -0.481 e. The Morgan fingerprint density at radius 2 is 2.00 bits per heavy atom. The van der Waals surface area contributed by atoms with Gasteiger partial charge in [-0.2, -0.15) is 0 Å². The van der Waals surface area contributed by atoms with E-state index in [-0.39, 0.29) is 5.92 Å². The lowest BCUT2D eigenvalue weighted by Gasteiger charge is -2.35. The van der Waals surface area contributed by atoms with Crippen molar-refractivity contribution in [3.05, 3.63) is 17.7 Å². The predicted octanol–water partition coefficient (Wildman–Crippen LogP) is 2.43. The first kappa shape index (κ1) is 14.6. The summed E-state index contributed by atoms with van der Waals surface area (Å²) in [6.07, 6.45) is 5.76. The Kier molecular flexibility index (Phi) is 4.02. The van der Waals surface area contributed by atoms with Crippen molar-refractivity contribution in [1.29, 1.82) is 0 Å². The molecule has 1 aromatic heterocycles. The van der Waals surface area contributed by atoms with E-state index in [0.717, 1.165) is 56.8 Å². The number of hydrogen-bond donors (Lipinski definition) is 1. The maximum atomic E-state index is 11.4. The fourth-order valence-electron chi connectivity index (χ4n) is 3.78. The standard InChI is InChI=1S/C16H25N3O2/c1-11(2)18-8-5-12(6-9-18)15-17-10-14-13(16(20)21)4-3-7-19(14)15/h10-13H,3-9H2,1-2H3,(H,20,21). The molecule has 0 amide bonds. The van der Waals surface area contributed by atoms with E-state index in [4.69, 9.17) is 0 Å². The van der Waals surface area contributed by atoms with E-state index in [2.05, 4.69) is 28.3 Å². The summed E-state index contributed by atoms with van der Waals surface area (Å²) in [6, 6.07) is 0.608. The van der Waals surface area contributed by atoms with E-state index in [9.17, 15) is 9.90 Å². The van der Waals surface area contributed by atoms with E-state index in [1.807, 2.05) is 6.20 Å². The molecule has 3 rings (SSSR count). The Morgan fingerprint density at radius 3 is 2.62 bits per heavy atom. The Hall–Kier alpha value is -1.36. The quantitative estimate of drug-likeness (QED) is 0.929. The number of piperidine rings is 1. The molecule has 1 fully saturated rings. The van der Waals surface area contributed by atoms with Crippen LogP contribution in [0.15, 0.2) is 6.20 Å². The van der Waals surface area contributed by atoms with Crippen molar-refractivity contribution in [2.24, 2.45) is 0 Å². The molecular weight excluding hydrogens is 266 g/mol. The van der Waals surface area contributed by atoms with Crippen LogP contribution in [0.5, 0.6) is 0 Å². The number of carbonyl (C=O) groups is 1. The van der Waals surface area contributed by atoms with Gasteiger partial charge in [0.1, 0.15) is 5.82 Å². The number of carboxylic acids is 1. The summed E-state index contributed by atoms with van der Waals surface area (Å²) in [4.78, 5) is 18.5. The largest absolute Gasteiger partial charge is 0.481 e. The molecule has 0 aliphatic carbocycles. The zero-order chi connectivity index (χ0) is 15.0. The Balaban J connectivity index is 1.78. The Morgan fingerprint density at radius 1 is 1.29 bits per heavy atom. The molecule has 3 heterocycles. The van der Waals surface area contributed by atoms with Crippen molar-refractivity contribution in [2.45, 2.75) is 64.0 Å². The maximum Gasteiger partial charge on any atom is 0.312 e. The van der Waals surface area contributed by atoms with Gasteiger partial charge < -0.3 is 14.6 Å². The third kappa shape index (κ3) is 2.71. The highest BCUT2D eigenvalue weighted by Gasteiger charge is 2.32. The van der Waals surface area contributed by atoms with Gasteiger partial charge in [-0.15, -0.1) is 0 Å². The van der Waals surface area contributed by atoms with Gasteiger partial charge in [-0.05, 0) is 52.6 Å². The average molecular weight is 291 g/mol. The number of nitrogens with zero attached hydrogens (tertiary/aromatic N) is 3. The summed E-state index contributed by atoms with van der Waals surface area (Å²) in [5, 5.41) is 9.35. The van der Waals surface area contributed by atoms with Gasteiger partial charge in [0, 0.05) is 24.7 Å². The summed E-state index contributed by atoms with van der Waals surface area (Å²) in [6.45, 7) is 7.66. The Bertz CT molecular complexity index is 516. The number of fused-ring (bicyclic) bond motifs is 1. The van der Waals surface area contributed by atoms with E-state index in [1.165, 1.54) is 0 Å². The fraction of sp³-hybridized carbons (Fsp3) is 0.750. The molecule has 21 heavy (non-hydrogen) atoms. The van der Waals surface area contributed by atoms with Crippen LogP contribution in [-0.2, 0) is 11.3 Å². The van der Waals surface area contributed by atoms with Crippen molar-refractivity contribution in [1.82, 2.24) is 14.5 Å². The van der Waals surface area contributed by atoms with Crippen LogP contribution in [0, 0.1) is 0 Å². The number of hydrogen-bond acceptors (Lipinski definition) is 3. The highest BCUT2D eigenvalue weighted by molar-refractivity contribution is 5.75. The van der Waals surface area contributed by atoms with Gasteiger partial charge >= 0.3 is 5.97 Å². The third-order valence-corrected chi connectivity index (χ3v) is 5.07. The first-order valence-corrected chi connectivity index (χ1v) is 8.10. The number of imidazole rings is 1. The minimum atomic E-state index is -0.711. The highest BCUT2D eigenvalue weighted by Crippen LogP contribution is 2.34. The van der Waals surface area contributed by atoms with Gasteiger partial charge in [-0.3, -0.25) is 4.79 Å². The molecular formula is C16H25N3O2. The van der Waals surface area contributed by atoms with Gasteiger partial charge in [0.05, 0.1) is 11.6 Å². The van der Waals surface area contributed by atoms with Gasteiger partial charge in [0.2, 0.25) is 0 Å². The molecule has 1 aromatic rings. The molecule has 1 saturated heterocycles. The summed E-state index contributed by atoms with van der Waals surface area (Å²) in [5.74, 6) is 0.536. The summed E-state index contributed by atoms with van der Waals surface area (Å²) in [5.41, 5.74) is 0.912. The van der Waals surface area contributed by atoms with Crippen LogP contribution in [0.1, 0.15) is 62.9 Å². The van der Waals surface area contributed by atoms with Gasteiger partial charge in [-0.25, -0.2) is 4.98 Å². The van der Waals surface area contributed by atoms with Crippen molar-refractivity contribution in [2.75, 3.05) is 13.1 Å². The van der Waals surface area contributed by atoms with Crippen LogP contribution in [0.4, 0.5) is 0 Å². The molecule has 1 N–H and O–H groups in total. The number of rotatable bonds is 3. The second kappa shape index (κ2) is 5.79. The molecule has 1 atom stereocenters. The highest BCUT2D eigenvalue weighted by atomic mass is 16.4. The van der Waals surface area contributed by atoms with Gasteiger partial charge in [0.15, 0.2) is 0 Å². The molecule has 2 aliphatic heterocycles. The lowest BCUT2D eigenvalue weighted by atomic mass is 9.93. The van der Waals surface area contributed by atoms with Crippen LogP contribution in [0.3, 0.4) is 0 Å². The van der Waals surface area contributed by atoms with Crippen molar-refractivity contribution >= 4 is 5.97 Å². The van der Waals surface area contributed by atoms with Crippen LogP contribution in [0.25, 0.3) is 0 Å². The molecule has 0 radical (unpaired) electrons. The van der Waals surface area contributed by atoms with Crippen molar-refractivity contribution in [3.63, 3.8) is 0 Å². The van der Waals surface area contributed by atoms with E-state index in [1.54, 1.807) is 0 Å². The smallest absolute Gasteiger partial charge is 0.312 e. The second-order valence-electron chi connectivity index (χ2n) is 6.63. The fourth-order valence-corrected chi connectivity index (χ4v) is 3.78. The first-order chi connectivity index (χ1) is 10.1. The lowest BCUT2D eigenvalue weighted by Crippen LogP contribution is -2.38. The SMILES string of the molecule is CC(C)N1CCC(c2ncc3n2CCCC3C(=O)O)CC1. The molecule has 1 unspecified atom stereocenters. The molecule has 116 valence electrons. The zero-order valence-electron chi connectivity index (χ0n) is 13.0. The Labute approximate surface area is 126 Å². The summed E-state index contributed by atoms with van der Waals surface area (Å²) in [7, 11) is 0. The monoisotopic (exact) mass is 291 g/mol.